The second-order valence-corrected chi connectivity index (χ2v) is 7.65. The van der Waals surface area contributed by atoms with Gasteiger partial charge in [-0.25, -0.2) is 4.57 Å². The summed E-state index contributed by atoms with van der Waals surface area (Å²) < 4.78 is 1.99. The lowest BCUT2D eigenvalue weighted by Crippen LogP contribution is -2.25. The fourth-order valence-electron chi connectivity index (χ4n) is 3.23. The molecule has 1 heterocycles. The van der Waals surface area contributed by atoms with Gasteiger partial charge in [-0.2, -0.15) is 0 Å². The number of phenols is 1. The lowest BCUT2D eigenvalue weighted by atomic mass is 10.0. The second-order valence-electron chi connectivity index (χ2n) is 7.65. The molecule has 0 aliphatic rings. The number of aromatic hydroxyl groups is 1. The third kappa shape index (κ3) is 8.40. The summed E-state index contributed by atoms with van der Waals surface area (Å²) >= 11 is 0. The largest absolute Gasteiger partial charge is 0.507 e. The van der Waals surface area contributed by atoms with Crippen LogP contribution in [0.4, 0.5) is 0 Å². The number of nitrogens with zero attached hydrogens (tertiary/aromatic N) is 1. The van der Waals surface area contributed by atoms with E-state index in [1.807, 2.05) is 135 Å². The number of hydrogen-bond acceptors (Lipinski definition) is 1. The molecule has 2 rings (SSSR count). The van der Waals surface area contributed by atoms with Crippen LogP contribution in [0.25, 0.3) is 24.3 Å². The van der Waals surface area contributed by atoms with Crippen molar-refractivity contribution in [2.75, 3.05) is 0 Å². The molecule has 0 aliphatic carbocycles. The minimum Gasteiger partial charge on any atom is -0.507 e. The molecule has 2 nitrogen and oxygen atoms in total. The van der Waals surface area contributed by atoms with Crippen LogP contribution in [0.2, 0.25) is 0 Å². The molecule has 0 bridgehead atoms. The van der Waals surface area contributed by atoms with Crippen LogP contribution in [0, 0.1) is 0 Å². The summed E-state index contributed by atoms with van der Waals surface area (Å²) in [5, 5.41) is 11.0. The molecule has 1 N–H and O–H groups in total. The van der Waals surface area contributed by atoms with Crippen LogP contribution < -0.4 is 4.57 Å². The molecule has 0 saturated heterocycles. The average Bonchev–Trinajstić information content (AvgIpc) is 2.83. The summed E-state index contributed by atoms with van der Waals surface area (Å²) in [6.07, 6.45) is 31.3. The molecule has 0 atom stereocenters. The summed E-state index contributed by atoms with van der Waals surface area (Å²) in [4.78, 5) is 0. The standard InChI is InChI=1S/C32H33NO/c1-6-10-26(11-7-2)14-15-29-24-30(18-16-27(12-8-3)13-9-4)32(34)31(25-29)19-17-28-20-22-33(5)23-21-28/h6-25H,1,3H2,2,4-5H3/p+1/b11-7-,13-9-,15-14+,18-16+,26-10+,27-12+. The van der Waals surface area contributed by atoms with Crippen LogP contribution in [0.1, 0.15) is 36.1 Å². The molecule has 0 saturated carbocycles. The molecule has 2 aromatic rings. The lowest BCUT2D eigenvalue weighted by Gasteiger charge is -2.07. The Balaban J connectivity index is 2.55. The minimum atomic E-state index is 0.236. The average molecular weight is 449 g/mol. The quantitative estimate of drug-likeness (QED) is 0.291. The van der Waals surface area contributed by atoms with Crippen LogP contribution in [0.3, 0.4) is 0 Å². The van der Waals surface area contributed by atoms with Crippen molar-refractivity contribution >= 4 is 24.3 Å². The second kappa shape index (κ2) is 14.1. The number of aromatic nitrogens is 1. The Morgan fingerprint density at radius 3 is 1.79 bits per heavy atom. The van der Waals surface area contributed by atoms with Crippen LogP contribution in [-0.4, -0.2) is 5.11 Å². The van der Waals surface area contributed by atoms with Crippen molar-refractivity contribution in [3.8, 4) is 5.75 Å². The maximum atomic E-state index is 11.0. The first kappa shape index (κ1) is 26.1. The van der Waals surface area contributed by atoms with Gasteiger partial charge in [-0.3, -0.25) is 0 Å². The summed E-state index contributed by atoms with van der Waals surface area (Å²) in [6, 6.07) is 8.02. The van der Waals surface area contributed by atoms with Crippen LogP contribution in [0.15, 0.2) is 122 Å². The van der Waals surface area contributed by atoms with Gasteiger partial charge in [0.05, 0.1) is 0 Å². The van der Waals surface area contributed by atoms with Crippen LogP contribution in [0.5, 0.6) is 5.75 Å². The van der Waals surface area contributed by atoms with Gasteiger partial charge in [-0.1, -0.05) is 98.2 Å². The van der Waals surface area contributed by atoms with Crippen molar-refractivity contribution in [3.05, 3.63) is 144 Å². The number of hydrogen-bond donors (Lipinski definition) is 1. The highest BCUT2D eigenvalue weighted by atomic mass is 16.3. The summed E-state index contributed by atoms with van der Waals surface area (Å²) in [6.45, 7) is 11.5. The number of benzene rings is 1. The zero-order chi connectivity index (χ0) is 24.8. The highest BCUT2D eigenvalue weighted by Gasteiger charge is 2.06. The van der Waals surface area contributed by atoms with E-state index in [1.165, 1.54) is 0 Å². The molecule has 1 aromatic heterocycles. The number of aryl methyl sites for hydroxylation is 1. The number of rotatable bonds is 10. The van der Waals surface area contributed by atoms with Gasteiger partial charge in [-0.15, -0.1) is 0 Å². The molecule has 1 aromatic carbocycles. The van der Waals surface area contributed by atoms with E-state index in [2.05, 4.69) is 13.2 Å². The van der Waals surface area contributed by atoms with Crippen molar-refractivity contribution in [2.24, 2.45) is 7.05 Å². The van der Waals surface area contributed by atoms with Crippen molar-refractivity contribution in [1.82, 2.24) is 0 Å². The van der Waals surface area contributed by atoms with E-state index in [1.54, 1.807) is 12.2 Å². The number of pyridine rings is 1. The Bertz CT molecular complexity index is 1200. The molecule has 0 fully saturated rings. The summed E-state index contributed by atoms with van der Waals surface area (Å²) in [5.74, 6) is 0.236. The smallest absolute Gasteiger partial charge is 0.169 e. The van der Waals surface area contributed by atoms with Gasteiger partial charge in [0.25, 0.3) is 0 Å². The third-order valence-electron chi connectivity index (χ3n) is 4.91. The maximum Gasteiger partial charge on any atom is 0.169 e. The summed E-state index contributed by atoms with van der Waals surface area (Å²) in [7, 11) is 1.99. The Hall–Kier alpha value is -4.17. The Kier molecular flexibility index (Phi) is 10.8. The molecule has 34 heavy (non-hydrogen) atoms. The Morgan fingerprint density at radius 2 is 1.26 bits per heavy atom. The Labute approximate surface area is 204 Å². The van der Waals surface area contributed by atoms with Gasteiger partial charge in [0.15, 0.2) is 12.4 Å². The van der Waals surface area contributed by atoms with Crippen molar-refractivity contribution in [3.63, 3.8) is 0 Å². The molecule has 0 amide bonds. The highest BCUT2D eigenvalue weighted by molar-refractivity contribution is 5.78. The van der Waals surface area contributed by atoms with E-state index in [-0.39, 0.29) is 5.75 Å². The maximum absolute atomic E-state index is 11.0. The fraction of sp³-hybridized carbons (Fsp3) is 0.0938. The third-order valence-corrected chi connectivity index (χ3v) is 4.91. The van der Waals surface area contributed by atoms with Crippen molar-refractivity contribution < 1.29 is 9.67 Å². The SMILES string of the molecule is C=C/C=C(\C=C/C)/C=C/c1cc(/C=C/C(/C=C\C)=C/C=C)c(O)c(/C=C/c2cc[n+](C)cc2)c1. The van der Waals surface area contributed by atoms with Crippen LogP contribution >= 0.6 is 0 Å². The molecule has 2 heteroatoms. The minimum absolute atomic E-state index is 0.236. The molecule has 0 radical (unpaired) electrons. The first-order chi connectivity index (χ1) is 16.5. The van der Waals surface area contributed by atoms with Gasteiger partial charge in [0.1, 0.15) is 12.8 Å². The zero-order valence-electron chi connectivity index (χ0n) is 20.4. The fourth-order valence-corrected chi connectivity index (χ4v) is 3.23. The highest BCUT2D eigenvalue weighted by Crippen LogP contribution is 2.29. The van der Waals surface area contributed by atoms with E-state index in [4.69, 9.17) is 0 Å². The number of allylic oxidation sites excluding steroid dienone is 12. The zero-order valence-corrected chi connectivity index (χ0v) is 20.4. The van der Waals surface area contributed by atoms with E-state index in [0.29, 0.717) is 0 Å². The predicted molar refractivity (Wildman–Crippen MR) is 149 cm³/mol. The van der Waals surface area contributed by atoms with E-state index < -0.39 is 0 Å². The first-order valence-electron chi connectivity index (χ1n) is 11.3. The predicted octanol–water partition coefficient (Wildman–Crippen LogP) is 7.79. The van der Waals surface area contributed by atoms with Crippen molar-refractivity contribution in [1.29, 1.82) is 0 Å². The van der Waals surface area contributed by atoms with Gasteiger partial charge in [0.2, 0.25) is 0 Å². The first-order valence-corrected chi connectivity index (χ1v) is 11.3. The normalized spacial score (nSPS) is 13.3. The van der Waals surface area contributed by atoms with Crippen molar-refractivity contribution in [2.45, 2.75) is 13.8 Å². The monoisotopic (exact) mass is 448 g/mol. The van der Waals surface area contributed by atoms with Gasteiger partial charge >= 0.3 is 0 Å². The van der Waals surface area contributed by atoms with Gasteiger partial charge in [0, 0.05) is 23.3 Å². The molecular weight excluding hydrogens is 414 g/mol. The Morgan fingerprint density at radius 1 is 0.735 bits per heavy atom. The topological polar surface area (TPSA) is 24.1 Å². The molecular formula is C32H34NO+. The molecule has 0 spiro atoms. The molecule has 0 aliphatic heterocycles. The van der Waals surface area contributed by atoms with E-state index in [9.17, 15) is 5.11 Å². The van der Waals surface area contributed by atoms with Gasteiger partial charge in [-0.05, 0) is 48.3 Å². The molecule has 0 unspecified atom stereocenters. The number of phenolic OH excluding ortho intramolecular Hbond substituents is 1. The summed E-state index contributed by atoms with van der Waals surface area (Å²) in [5.41, 5.74) is 5.56. The van der Waals surface area contributed by atoms with E-state index >= 15 is 0 Å². The van der Waals surface area contributed by atoms with E-state index in [0.717, 1.165) is 33.4 Å². The van der Waals surface area contributed by atoms with Crippen LogP contribution in [-0.2, 0) is 7.05 Å². The lowest BCUT2D eigenvalue weighted by molar-refractivity contribution is -0.671. The van der Waals surface area contributed by atoms with Gasteiger partial charge < -0.3 is 5.11 Å². The molecule has 172 valence electrons.